The van der Waals surface area contributed by atoms with Crippen LogP contribution in [0.15, 0.2) is 24.3 Å². The fourth-order valence-corrected chi connectivity index (χ4v) is 2.17. The molecule has 0 saturated carbocycles. The number of hydrogen-bond acceptors (Lipinski definition) is 3. The van der Waals surface area contributed by atoms with Gasteiger partial charge in [-0.05, 0) is 50.2 Å². The minimum atomic E-state index is -0.427. The van der Waals surface area contributed by atoms with Crippen LogP contribution in [0.5, 0.6) is 5.75 Å². The van der Waals surface area contributed by atoms with Crippen molar-refractivity contribution in [1.82, 2.24) is 4.90 Å². The van der Waals surface area contributed by atoms with Crippen LogP contribution in [-0.4, -0.2) is 42.4 Å². The lowest BCUT2D eigenvalue weighted by atomic mass is 10.3. The van der Waals surface area contributed by atoms with Crippen LogP contribution < -0.4 is 4.74 Å². The molecule has 1 aliphatic heterocycles. The molecule has 1 fully saturated rings. The van der Waals surface area contributed by atoms with Crippen molar-refractivity contribution in [3.8, 4) is 5.75 Å². The first-order valence-electron chi connectivity index (χ1n) is 6.03. The molecule has 2 rings (SSSR count). The first-order valence-corrected chi connectivity index (χ1v) is 6.40. The van der Waals surface area contributed by atoms with Gasteiger partial charge in [0.15, 0.2) is 0 Å². The monoisotopic (exact) mass is 255 g/mol. The third-order valence-electron chi connectivity index (χ3n) is 2.92. The summed E-state index contributed by atoms with van der Waals surface area (Å²) >= 11 is 5.78. The Morgan fingerprint density at radius 2 is 1.88 bits per heavy atom. The van der Waals surface area contributed by atoms with E-state index in [0.29, 0.717) is 18.2 Å². The Morgan fingerprint density at radius 3 is 2.53 bits per heavy atom. The molecule has 4 heteroatoms. The van der Waals surface area contributed by atoms with Crippen molar-refractivity contribution in [3.05, 3.63) is 29.3 Å². The van der Waals surface area contributed by atoms with E-state index < -0.39 is 6.10 Å². The van der Waals surface area contributed by atoms with E-state index in [-0.39, 0.29) is 0 Å². The summed E-state index contributed by atoms with van der Waals surface area (Å²) in [4.78, 5) is 2.27. The zero-order valence-electron chi connectivity index (χ0n) is 9.81. The van der Waals surface area contributed by atoms with Crippen LogP contribution in [-0.2, 0) is 0 Å². The molecule has 1 heterocycles. The molecule has 3 nitrogen and oxygen atoms in total. The molecular formula is C13H18ClNO2. The first-order chi connectivity index (χ1) is 8.24. The first kappa shape index (κ1) is 12.7. The lowest BCUT2D eigenvalue weighted by Gasteiger charge is -2.19. The van der Waals surface area contributed by atoms with E-state index in [9.17, 15) is 5.11 Å². The van der Waals surface area contributed by atoms with Gasteiger partial charge in [-0.2, -0.15) is 0 Å². The summed E-state index contributed by atoms with van der Waals surface area (Å²) in [5.41, 5.74) is 0. The molecule has 1 aliphatic rings. The molecule has 1 aromatic carbocycles. The molecule has 0 spiro atoms. The predicted octanol–water partition coefficient (Wildman–Crippen LogP) is 2.18. The SMILES string of the molecule is O[C@H](COc1ccc(Cl)cc1)CN1CCCC1. The maximum atomic E-state index is 9.83. The van der Waals surface area contributed by atoms with Crippen molar-refractivity contribution in [2.45, 2.75) is 18.9 Å². The van der Waals surface area contributed by atoms with Crippen molar-refractivity contribution in [2.75, 3.05) is 26.2 Å². The fourth-order valence-electron chi connectivity index (χ4n) is 2.04. The average molecular weight is 256 g/mol. The second-order valence-corrected chi connectivity index (χ2v) is 4.86. The van der Waals surface area contributed by atoms with E-state index in [2.05, 4.69) is 4.90 Å². The van der Waals surface area contributed by atoms with Crippen LogP contribution in [0.4, 0.5) is 0 Å². The molecule has 0 amide bonds. The number of aliphatic hydroxyl groups excluding tert-OH is 1. The number of halogens is 1. The summed E-state index contributed by atoms with van der Waals surface area (Å²) in [6, 6.07) is 7.18. The Morgan fingerprint density at radius 1 is 1.24 bits per heavy atom. The summed E-state index contributed by atoms with van der Waals surface area (Å²) in [6.07, 6.45) is 2.05. The highest BCUT2D eigenvalue weighted by Gasteiger charge is 2.15. The van der Waals surface area contributed by atoms with Gasteiger partial charge in [0.05, 0.1) is 0 Å². The summed E-state index contributed by atoms with van der Waals surface area (Å²) in [7, 11) is 0. The zero-order chi connectivity index (χ0) is 12.1. The van der Waals surface area contributed by atoms with E-state index in [1.165, 1.54) is 12.8 Å². The molecule has 17 heavy (non-hydrogen) atoms. The Balaban J connectivity index is 1.71. The highest BCUT2D eigenvalue weighted by atomic mass is 35.5. The smallest absolute Gasteiger partial charge is 0.119 e. The lowest BCUT2D eigenvalue weighted by molar-refractivity contribution is 0.0758. The van der Waals surface area contributed by atoms with Crippen LogP contribution in [0.25, 0.3) is 0 Å². The van der Waals surface area contributed by atoms with Crippen LogP contribution in [0.3, 0.4) is 0 Å². The largest absolute Gasteiger partial charge is 0.491 e. The minimum absolute atomic E-state index is 0.331. The van der Waals surface area contributed by atoms with Gasteiger partial charge in [-0.15, -0.1) is 0 Å². The fraction of sp³-hybridized carbons (Fsp3) is 0.538. The number of rotatable bonds is 5. The molecule has 1 N–H and O–H groups in total. The molecule has 0 unspecified atom stereocenters. The molecule has 94 valence electrons. The van der Waals surface area contributed by atoms with E-state index in [1.807, 2.05) is 12.1 Å². The van der Waals surface area contributed by atoms with Gasteiger partial charge in [-0.25, -0.2) is 0 Å². The lowest BCUT2D eigenvalue weighted by Crippen LogP contribution is -2.33. The van der Waals surface area contributed by atoms with Crippen LogP contribution in [0.1, 0.15) is 12.8 Å². The Kier molecular flexibility index (Phi) is 4.66. The normalized spacial score (nSPS) is 18.2. The van der Waals surface area contributed by atoms with Gasteiger partial charge in [-0.3, -0.25) is 0 Å². The number of hydrogen-bond donors (Lipinski definition) is 1. The number of β-amino-alcohol motifs (C(OH)–C–C–N with tert-alkyl or cyclic N) is 1. The van der Waals surface area contributed by atoms with E-state index in [1.54, 1.807) is 12.1 Å². The van der Waals surface area contributed by atoms with Crippen molar-refractivity contribution in [3.63, 3.8) is 0 Å². The highest BCUT2D eigenvalue weighted by molar-refractivity contribution is 6.30. The van der Waals surface area contributed by atoms with E-state index in [4.69, 9.17) is 16.3 Å². The molecule has 0 aliphatic carbocycles. The average Bonchev–Trinajstić information content (AvgIpc) is 2.81. The van der Waals surface area contributed by atoms with Gasteiger partial charge in [0.1, 0.15) is 18.5 Å². The molecule has 0 radical (unpaired) electrons. The summed E-state index contributed by atoms with van der Waals surface area (Å²) in [5.74, 6) is 0.745. The highest BCUT2D eigenvalue weighted by Crippen LogP contribution is 2.16. The number of aliphatic hydroxyl groups is 1. The Hall–Kier alpha value is -0.770. The van der Waals surface area contributed by atoms with Crippen molar-refractivity contribution >= 4 is 11.6 Å². The zero-order valence-corrected chi connectivity index (χ0v) is 10.6. The van der Waals surface area contributed by atoms with E-state index >= 15 is 0 Å². The Labute approximate surface area is 107 Å². The summed E-state index contributed by atoms with van der Waals surface area (Å²) in [6.45, 7) is 3.22. The van der Waals surface area contributed by atoms with Gasteiger partial charge in [-0.1, -0.05) is 11.6 Å². The number of benzene rings is 1. The van der Waals surface area contributed by atoms with Gasteiger partial charge < -0.3 is 14.7 Å². The van der Waals surface area contributed by atoms with Gasteiger partial charge in [0.25, 0.3) is 0 Å². The van der Waals surface area contributed by atoms with Crippen molar-refractivity contribution in [2.24, 2.45) is 0 Å². The summed E-state index contributed by atoms with van der Waals surface area (Å²) < 4.78 is 5.50. The van der Waals surface area contributed by atoms with Crippen molar-refractivity contribution < 1.29 is 9.84 Å². The third-order valence-corrected chi connectivity index (χ3v) is 3.18. The Bertz CT molecular complexity index is 336. The molecule has 0 bridgehead atoms. The number of likely N-dealkylation sites (tertiary alicyclic amines) is 1. The maximum absolute atomic E-state index is 9.83. The molecular weight excluding hydrogens is 238 g/mol. The predicted molar refractivity (Wildman–Crippen MR) is 68.6 cm³/mol. The quantitative estimate of drug-likeness (QED) is 0.875. The van der Waals surface area contributed by atoms with Crippen LogP contribution in [0.2, 0.25) is 5.02 Å². The van der Waals surface area contributed by atoms with E-state index in [0.717, 1.165) is 18.8 Å². The van der Waals surface area contributed by atoms with Crippen LogP contribution in [0, 0.1) is 0 Å². The van der Waals surface area contributed by atoms with Gasteiger partial charge in [0, 0.05) is 11.6 Å². The minimum Gasteiger partial charge on any atom is -0.491 e. The molecule has 1 saturated heterocycles. The van der Waals surface area contributed by atoms with Gasteiger partial charge >= 0.3 is 0 Å². The topological polar surface area (TPSA) is 32.7 Å². The van der Waals surface area contributed by atoms with Gasteiger partial charge in [0.2, 0.25) is 0 Å². The van der Waals surface area contributed by atoms with Crippen molar-refractivity contribution in [1.29, 1.82) is 0 Å². The second-order valence-electron chi connectivity index (χ2n) is 4.43. The number of nitrogens with zero attached hydrogens (tertiary/aromatic N) is 1. The van der Waals surface area contributed by atoms with Crippen LogP contribution >= 0.6 is 11.6 Å². The number of ether oxygens (including phenoxy) is 1. The standard InChI is InChI=1S/C13H18ClNO2/c14-11-3-5-13(6-4-11)17-10-12(16)9-15-7-1-2-8-15/h3-6,12,16H,1-2,7-10H2/t12-/m0/s1. The summed E-state index contributed by atoms with van der Waals surface area (Å²) in [5, 5.41) is 10.5. The second kappa shape index (κ2) is 6.24. The maximum Gasteiger partial charge on any atom is 0.119 e. The molecule has 1 atom stereocenters. The molecule has 1 aromatic rings. The molecule has 0 aromatic heterocycles. The third kappa shape index (κ3) is 4.19.